The van der Waals surface area contributed by atoms with Crippen molar-refractivity contribution in [2.75, 3.05) is 0 Å². The fraction of sp³-hybridized carbons (Fsp3) is 0.667. The van der Waals surface area contributed by atoms with Crippen LogP contribution in [0.1, 0.15) is 65.4 Å². The lowest BCUT2D eigenvalue weighted by atomic mass is 9.95. The molecule has 2 aliphatic rings. The van der Waals surface area contributed by atoms with Crippen LogP contribution in [-0.2, 0) is 25.4 Å². The van der Waals surface area contributed by atoms with Gasteiger partial charge in [-0.25, -0.2) is 0 Å². The fourth-order valence-electron chi connectivity index (χ4n) is 4.45. The molecule has 156 valence electrons. The molecule has 1 aromatic rings. The maximum atomic E-state index is 6.24. The SMILES string of the molecule is C=C[C@@H]1C[C@@H](C[C@H]2C[C@@H](CCCc3ccccc3)OC(C)(C)O2)OC(C)(C)O1. The van der Waals surface area contributed by atoms with Crippen LogP contribution in [0.5, 0.6) is 0 Å². The van der Waals surface area contributed by atoms with E-state index in [1.165, 1.54) is 5.56 Å². The van der Waals surface area contributed by atoms with Gasteiger partial charge in [-0.05, 0) is 52.5 Å². The molecule has 0 aliphatic carbocycles. The number of benzene rings is 1. The molecule has 2 heterocycles. The summed E-state index contributed by atoms with van der Waals surface area (Å²) in [5, 5.41) is 0. The molecular formula is C24H36O4. The van der Waals surface area contributed by atoms with E-state index >= 15 is 0 Å². The Kier molecular flexibility index (Phi) is 6.98. The Balaban J connectivity index is 1.53. The van der Waals surface area contributed by atoms with Gasteiger partial charge < -0.3 is 18.9 Å². The first kappa shape index (κ1) is 21.5. The monoisotopic (exact) mass is 388 g/mol. The Morgan fingerprint density at radius 2 is 1.50 bits per heavy atom. The average Bonchev–Trinajstić information content (AvgIpc) is 2.60. The summed E-state index contributed by atoms with van der Waals surface area (Å²) in [4.78, 5) is 0. The van der Waals surface area contributed by atoms with Gasteiger partial charge in [-0.2, -0.15) is 0 Å². The van der Waals surface area contributed by atoms with Gasteiger partial charge in [0.1, 0.15) is 0 Å². The lowest BCUT2D eigenvalue weighted by Gasteiger charge is -2.44. The van der Waals surface area contributed by atoms with Crippen molar-refractivity contribution in [2.45, 2.75) is 102 Å². The smallest absolute Gasteiger partial charge is 0.163 e. The summed E-state index contributed by atoms with van der Waals surface area (Å²) in [5.41, 5.74) is 1.39. The molecule has 0 spiro atoms. The molecular weight excluding hydrogens is 352 g/mol. The summed E-state index contributed by atoms with van der Waals surface area (Å²) in [5.74, 6) is -1.14. The largest absolute Gasteiger partial charge is 0.347 e. The second-order valence-electron chi connectivity index (χ2n) is 9.00. The number of hydrogen-bond acceptors (Lipinski definition) is 4. The Bertz CT molecular complexity index is 625. The zero-order chi connectivity index (χ0) is 20.2. The molecule has 4 nitrogen and oxygen atoms in total. The van der Waals surface area contributed by atoms with E-state index in [1.54, 1.807) is 0 Å². The van der Waals surface area contributed by atoms with Crippen molar-refractivity contribution in [2.24, 2.45) is 0 Å². The average molecular weight is 389 g/mol. The van der Waals surface area contributed by atoms with Gasteiger partial charge in [-0.1, -0.05) is 36.4 Å². The van der Waals surface area contributed by atoms with Crippen molar-refractivity contribution in [3.05, 3.63) is 48.6 Å². The normalized spacial score (nSPS) is 32.0. The van der Waals surface area contributed by atoms with E-state index in [4.69, 9.17) is 18.9 Å². The van der Waals surface area contributed by atoms with Gasteiger partial charge in [0.25, 0.3) is 0 Å². The first-order valence-corrected chi connectivity index (χ1v) is 10.6. The Morgan fingerprint density at radius 1 is 0.893 bits per heavy atom. The zero-order valence-corrected chi connectivity index (χ0v) is 17.9. The predicted molar refractivity (Wildman–Crippen MR) is 111 cm³/mol. The molecule has 0 aromatic heterocycles. The van der Waals surface area contributed by atoms with Gasteiger partial charge in [0.15, 0.2) is 11.6 Å². The molecule has 0 saturated carbocycles. The first-order chi connectivity index (χ1) is 13.2. The lowest BCUT2D eigenvalue weighted by Crippen LogP contribution is -2.49. The van der Waals surface area contributed by atoms with E-state index in [1.807, 2.05) is 33.8 Å². The molecule has 0 radical (unpaired) electrons. The van der Waals surface area contributed by atoms with Gasteiger partial charge in [0.2, 0.25) is 0 Å². The van der Waals surface area contributed by atoms with E-state index in [9.17, 15) is 0 Å². The summed E-state index contributed by atoms with van der Waals surface area (Å²) in [6, 6.07) is 10.7. The van der Waals surface area contributed by atoms with Crippen LogP contribution in [-0.4, -0.2) is 36.0 Å². The Labute approximate surface area is 170 Å². The Hall–Kier alpha value is -1.20. The summed E-state index contributed by atoms with van der Waals surface area (Å²) in [6.45, 7) is 11.9. The third-order valence-corrected chi connectivity index (χ3v) is 5.43. The number of hydrogen-bond donors (Lipinski definition) is 0. The van der Waals surface area contributed by atoms with Crippen LogP contribution < -0.4 is 0 Å². The van der Waals surface area contributed by atoms with Crippen molar-refractivity contribution >= 4 is 0 Å². The van der Waals surface area contributed by atoms with Crippen LogP contribution in [0.3, 0.4) is 0 Å². The molecule has 4 atom stereocenters. The lowest BCUT2D eigenvalue weighted by molar-refractivity contribution is -0.321. The van der Waals surface area contributed by atoms with Gasteiger partial charge in [-0.15, -0.1) is 6.58 Å². The molecule has 1 aromatic carbocycles. The summed E-state index contributed by atoms with van der Waals surface area (Å²) < 4.78 is 24.5. The first-order valence-electron chi connectivity index (χ1n) is 10.6. The van der Waals surface area contributed by atoms with Gasteiger partial charge in [-0.3, -0.25) is 0 Å². The van der Waals surface area contributed by atoms with Gasteiger partial charge >= 0.3 is 0 Å². The Morgan fingerprint density at radius 3 is 2.18 bits per heavy atom. The standard InChI is InChI=1S/C24H36O4/c1-6-19-15-21(27-23(2,3)25-19)17-22-16-20(26-24(4,5)28-22)14-10-13-18-11-8-7-9-12-18/h6-9,11-12,19-22H,1,10,13-17H2,2-5H3/t19-,20-,21+,22-/m1/s1. The highest BCUT2D eigenvalue weighted by Gasteiger charge is 2.40. The summed E-state index contributed by atoms with van der Waals surface area (Å²) >= 11 is 0. The minimum absolute atomic E-state index is 0.0308. The molecule has 0 bridgehead atoms. The molecule has 0 unspecified atom stereocenters. The van der Waals surface area contributed by atoms with Crippen LogP contribution in [0.25, 0.3) is 0 Å². The number of aryl methyl sites for hydroxylation is 1. The second-order valence-corrected chi connectivity index (χ2v) is 9.00. The number of rotatable bonds is 7. The highest BCUT2D eigenvalue weighted by atomic mass is 16.7. The van der Waals surface area contributed by atoms with E-state index in [2.05, 4.69) is 36.9 Å². The molecule has 28 heavy (non-hydrogen) atoms. The van der Waals surface area contributed by atoms with Crippen LogP contribution >= 0.6 is 0 Å². The van der Waals surface area contributed by atoms with Crippen molar-refractivity contribution < 1.29 is 18.9 Å². The third kappa shape index (κ3) is 6.41. The van der Waals surface area contributed by atoms with E-state index in [0.29, 0.717) is 0 Å². The van der Waals surface area contributed by atoms with Crippen molar-refractivity contribution in [1.82, 2.24) is 0 Å². The second kappa shape index (κ2) is 9.08. The summed E-state index contributed by atoms with van der Waals surface area (Å²) in [7, 11) is 0. The van der Waals surface area contributed by atoms with Crippen LogP contribution in [0.2, 0.25) is 0 Å². The quantitative estimate of drug-likeness (QED) is 0.586. The third-order valence-electron chi connectivity index (χ3n) is 5.43. The highest BCUT2D eigenvalue weighted by Crippen LogP contribution is 2.35. The molecule has 3 rings (SSSR count). The maximum absolute atomic E-state index is 6.24. The molecule has 2 aliphatic heterocycles. The minimum Gasteiger partial charge on any atom is -0.347 e. The van der Waals surface area contributed by atoms with Gasteiger partial charge in [0.05, 0.1) is 24.4 Å². The van der Waals surface area contributed by atoms with E-state index in [0.717, 1.165) is 38.5 Å². The molecule has 2 fully saturated rings. The molecule has 4 heteroatoms. The van der Waals surface area contributed by atoms with Crippen molar-refractivity contribution in [3.63, 3.8) is 0 Å². The zero-order valence-electron chi connectivity index (χ0n) is 17.9. The van der Waals surface area contributed by atoms with Crippen molar-refractivity contribution in [1.29, 1.82) is 0 Å². The van der Waals surface area contributed by atoms with E-state index in [-0.39, 0.29) is 24.4 Å². The van der Waals surface area contributed by atoms with Crippen molar-refractivity contribution in [3.8, 4) is 0 Å². The fourth-order valence-corrected chi connectivity index (χ4v) is 4.45. The topological polar surface area (TPSA) is 36.9 Å². The molecule has 0 amide bonds. The number of ether oxygens (including phenoxy) is 4. The van der Waals surface area contributed by atoms with E-state index < -0.39 is 11.6 Å². The highest BCUT2D eigenvalue weighted by molar-refractivity contribution is 5.14. The summed E-state index contributed by atoms with van der Waals surface area (Å²) in [6.07, 6.45) is 8.23. The van der Waals surface area contributed by atoms with Crippen LogP contribution in [0.4, 0.5) is 0 Å². The molecule has 2 saturated heterocycles. The molecule has 0 N–H and O–H groups in total. The maximum Gasteiger partial charge on any atom is 0.163 e. The minimum atomic E-state index is -0.586. The van der Waals surface area contributed by atoms with Gasteiger partial charge in [0, 0.05) is 19.3 Å². The van der Waals surface area contributed by atoms with Crippen LogP contribution in [0.15, 0.2) is 43.0 Å². The predicted octanol–water partition coefficient (Wildman–Crippen LogP) is 5.41. The van der Waals surface area contributed by atoms with Crippen LogP contribution in [0, 0.1) is 0 Å².